The number of carboxylic acid groups (broad SMARTS) is 1. The molecule has 2 aromatic rings. The van der Waals surface area contributed by atoms with Crippen molar-refractivity contribution in [3.05, 3.63) is 62.1 Å². The number of nitrogens with zero attached hydrogens (tertiary/aromatic N) is 1. The third-order valence-electron chi connectivity index (χ3n) is 4.04. The first-order chi connectivity index (χ1) is 14.4. The summed E-state index contributed by atoms with van der Waals surface area (Å²) in [5, 5.41) is 8.46. The number of imide groups is 1. The minimum atomic E-state index is -1.09. The number of carbonyl (C=O) groups excluding carboxylic acids is 2. The zero-order valence-corrected chi connectivity index (χ0v) is 18.9. The maximum atomic E-state index is 12.7. The fraction of sp³-hybridized carbons (Fsp3) is 0.190. The lowest BCUT2D eigenvalue weighted by atomic mass is 10.1. The van der Waals surface area contributed by atoms with Crippen molar-refractivity contribution in [2.45, 2.75) is 13.5 Å². The Balaban J connectivity index is 1.79. The fourth-order valence-corrected chi connectivity index (χ4v) is 3.90. The van der Waals surface area contributed by atoms with Gasteiger partial charge in [-0.15, -0.1) is 0 Å². The first kappa shape index (κ1) is 22.2. The Hall–Kier alpha value is -2.53. The van der Waals surface area contributed by atoms with Gasteiger partial charge in [0.15, 0.2) is 18.1 Å². The molecule has 9 heteroatoms. The van der Waals surface area contributed by atoms with Gasteiger partial charge < -0.3 is 14.6 Å². The highest BCUT2D eigenvalue weighted by atomic mass is 127. The molecule has 2 aromatic carbocycles. The van der Waals surface area contributed by atoms with Crippen LogP contribution in [0.5, 0.6) is 11.5 Å². The van der Waals surface area contributed by atoms with Gasteiger partial charge in [-0.1, -0.05) is 18.2 Å². The second-order valence-electron chi connectivity index (χ2n) is 6.22. The van der Waals surface area contributed by atoms with Crippen molar-refractivity contribution in [3.63, 3.8) is 0 Å². The van der Waals surface area contributed by atoms with E-state index >= 15 is 0 Å². The molecule has 1 fully saturated rings. The molecule has 3 rings (SSSR count). The highest BCUT2D eigenvalue weighted by Crippen LogP contribution is 2.35. The number of aliphatic carboxylic acids is 1. The van der Waals surface area contributed by atoms with Gasteiger partial charge in [-0.25, -0.2) is 4.79 Å². The molecular weight excluding hydrogens is 521 g/mol. The van der Waals surface area contributed by atoms with Crippen LogP contribution < -0.4 is 9.47 Å². The minimum Gasteiger partial charge on any atom is -0.490 e. The second kappa shape index (κ2) is 9.98. The SMILES string of the molecule is CCOc1cc(/C=C2/SC(=O)N(Cc3ccc(I)cc3)C2=O)ccc1OCC(=O)O. The third-order valence-corrected chi connectivity index (χ3v) is 5.67. The monoisotopic (exact) mass is 539 g/mol. The Kier molecular flexibility index (Phi) is 7.38. The normalized spacial score (nSPS) is 15.0. The van der Waals surface area contributed by atoms with Crippen LogP contribution >= 0.6 is 34.4 Å². The number of ether oxygens (including phenoxy) is 2. The highest BCUT2D eigenvalue weighted by molar-refractivity contribution is 14.1. The van der Waals surface area contributed by atoms with Gasteiger partial charge in [0, 0.05) is 3.57 Å². The van der Waals surface area contributed by atoms with Crippen LogP contribution in [0.25, 0.3) is 6.08 Å². The van der Waals surface area contributed by atoms with E-state index in [4.69, 9.17) is 14.6 Å². The highest BCUT2D eigenvalue weighted by Gasteiger charge is 2.35. The molecule has 0 aliphatic carbocycles. The maximum absolute atomic E-state index is 12.7. The molecule has 7 nitrogen and oxygen atoms in total. The predicted octanol–water partition coefficient (Wildman–Crippen LogP) is 4.39. The summed E-state index contributed by atoms with van der Waals surface area (Å²) >= 11 is 3.08. The molecule has 0 aromatic heterocycles. The van der Waals surface area contributed by atoms with Crippen molar-refractivity contribution in [3.8, 4) is 11.5 Å². The molecule has 0 saturated carbocycles. The molecule has 0 spiro atoms. The van der Waals surface area contributed by atoms with E-state index in [0.29, 0.717) is 28.6 Å². The molecule has 0 unspecified atom stereocenters. The van der Waals surface area contributed by atoms with E-state index < -0.39 is 12.6 Å². The van der Waals surface area contributed by atoms with Gasteiger partial charge in [0.2, 0.25) is 0 Å². The largest absolute Gasteiger partial charge is 0.490 e. The smallest absolute Gasteiger partial charge is 0.341 e. The Morgan fingerprint density at radius 1 is 1.13 bits per heavy atom. The van der Waals surface area contributed by atoms with E-state index in [1.54, 1.807) is 31.2 Å². The van der Waals surface area contributed by atoms with E-state index in [-0.39, 0.29) is 17.7 Å². The van der Waals surface area contributed by atoms with Crippen molar-refractivity contribution in [1.29, 1.82) is 0 Å². The van der Waals surface area contributed by atoms with Crippen molar-refractivity contribution < 1.29 is 29.0 Å². The van der Waals surface area contributed by atoms with Crippen LogP contribution in [-0.4, -0.2) is 40.3 Å². The van der Waals surface area contributed by atoms with Crippen molar-refractivity contribution in [2.24, 2.45) is 0 Å². The van der Waals surface area contributed by atoms with Crippen LogP contribution in [0.2, 0.25) is 0 Å². The zero-order valence-electron chi connectivity index (χ0n) is 16.0. The first-order valence-electron chi connectivity index (χ1n) is 8.98. The number of hydrogen-bond donors (Lipinski definition) is 1. The number of hydrogen-bond acceptors (Lipinski definition) is 6. The van der Waals surface area contributed by atoms with Gasteiger partial charge in [0.25, 0.3) is 11.1 Å². The average Bonchev–Trinajstić information content (AvgIpc) is 2.96. The third kappa shape index (κ3) is 5.54. The summed E-state index contributed by atoms with van der Waals surface area (Å²) in [7, 11) is 0. The van der Waals surface area contributed by atoms with Crippen LogP contribution in [0.3, 0.4) is 0 Å². The summed E-state index contributed by atoms with van der Waals surface area (Å²) in [5.74, 6) is -0.787. The molecular formula is C21H18INO6S. The van der Waals surface area contributed by atoms with E-state index in [2.05, 4.69) is 22.6 Å². The minimum absolute atomic E-state index is 0.213. The molecule has 0 bridgehead atoms. The number of carboxylic acids is 1. The lowest BCUT2D eigenvalue weighted by Crippen LogP contribution is -2.27. The molecule has 2 amide bonds. The molecule has 1 aliphatic rings. The molecule has 0 atom stereocenters. The number of rotatable bonds is 8. The molecule has 156 valence electrons. The quantitative estimate of drug-likeness (QED) is 0.393. The van der Waals surface area contributed by atoms with Crippen molar-refractivity contribution >= 4 is 57.5 Å². The number of carbonyl (C=O) groups is 3. The van der Waals surface area contributed by atoms with Crippen LogP contribution in [0, 0.1) is 3.57 Å². The molecule has 0 radical (unpaired) electrons. The maximum Gasteiger partial charge on any atom is 0.341 e. The standard InChI is InChI=1S/C21H18INO6S/c1-2-28-17-9-14(5-8-16(17)29-12-19(24)25)10-18-20(26)23(21(27)30-18)11-13-3-6-15(22)7-4-13/h3-10H,2,11-12H2,1H3,(H,24,25)/b18-10+. The summed E-state index contributed by atoms with van der Waals surface area (Å²) in [6.45, 7) is 1.88. The summed E-state index contributed by atoms with van der Waals surface area (Å²) in [4.78, 5) is 37.4. The van der Waals surface area contributed by atoms with Gasteiger partial charge in [0.1, 0.15) is 0 Å². The molecule has 1 N–H and O–H groups in total. The number of thioether (sulfide) groups is 1. The second-order valence-corrected chi connectivity index (χ2v) is 8.45. The molecule has 30 heavy (non-hydrogen) atoms. The van der Waals surface area contributed by atoms with E-state index in [9.17, 15) is 14.4 Å². The van der Waals surface area contributed by atoms with E-state index in [1.807, 2.05) is 24.3 Å². The average molecular weight is 539 g/mol. The van der Waals surface area contributed by atoms with Gasteiger partial charge in [0.05, 0.1) is 18.1 Å². The van der Waals surface area contributed by atoms with E-state index in [1.165, 1.54) is 4.90 Å². The fourth-order valence-electron chi connectivity index (χ4n) is 2.70. The lowest BCUT2D eigenvalue weighted by Gasteiger charge is -2.12. The summed E-state index contributed by atoms with van der Waals surface area (Å²) in [6.07, 6.45) is 1.61. The van der Waals surface area contributed by atoms with Gasteiger partial charge >= 0.3 is 5.97 Å². The Labute approximate surface area is 191 Å². The Morgan fingerprint density at radius 3 is 2.53 bits per heavy atom. The summed E-state index contributed by atoms with van der Waals surface area (Å²) in [6, 6.07) is 12.5. The summed E-state index contributed by atoms with van der Waals surface area (Å²) < 4.78 is 11.8. The van der Waals surface area contributed by atoms with Crippen LogP contribution in [0.1, 0.15) is 18.1 Å². The van der Waals surface area contributed by atoms with Crippen LogP contribution in [0.4, 0.5) is 4.79 Å². The topological polar surface area (TPSA) is 93.1 Å². The van der Waals surface area contributed by atoms with Gasteiger partial charge in [-0.3, -0.25) is 14.5 Å². The molecule has 1 heterocycles. The number of halogens is 1. The summed E-state index contributed by atoms with van der Waals surface area (Å²) in [5.41, 5.74) is 1.51. The molecule has 1 aliphatic heterocycles. The number of amides is 2. The first-order valence-corrected chi connectivity index (χ1v) is 10.9. The molecule has 1 saturated heterocycles. The van der Waals surface area contributed by atoms with Crippen molar-refractivity contribution in [1.82, 2.24) is 4.90 Å². The van der Waals surface area contributed by atoms with Crippen LogP contribution in [0.15, 0.2) is 47.4 Å². The Bertz CT molecular complexity index is 1010. The van der Waals surface area contributed by atoms with Crippen molar-refractivity contribution in [2.75, 3.05) is 13.2 Å². The van der Waals surface area contributed by atoms with E-state index in [0.717, 1.165) is 20.9 Å². The number of benzene rings is 2. The lowest BCUT2D eigenvalue weighted by molar-refractivity contribution is -0.139. The Morgan fingerprint density at radius 2 is 1.87 bits per heavy atom. The van der Waals surface area contributed by atoms with Gasteiger partial charge in [-0.05, 0) is 82.7 Å². The van der Waals surface area contributed by atoms with Crippen LogP contribution in [-0.2, 0) is 16.1 Å². The van der Waals surface area contributed by atoms with Gasteiger partial charge in [-0.2, -0.15) is 0 Å². The predicted molar refractivity (Wildman–Crippen MR) is 121 cm³/mol. The zero-order chi connectivity index (χ0) is 21.7.